The fraction of sp³-hybridized carbons (Fsp3) is 0.389. The molecule has 0 radical (unpaired) electrons. The van der Waals surface area contributed by atoms with Crippen LogP contribution in [0.3, 0.4) is 0 Å². The van der Waals surface area contributed by atoms with Crippen LogP contribution in [0.1, 0.15) is 30.7 Å². The van der Waals surface area contributed by atoms with Crippen LogP contribution >= 0.6 is 35.2 Å². The maximum atomic E-state index is 5.92. The van der Waals surface area contributed by atoms with Gasteiger partial charge in [0.25, 0.3) is 0 Å². The summed E-state index contributed by atoms with van der Waals surface area (Å²) in [4.78, 5) is 3.96. The highest BCUT2D eigenvalue weighted by atomic mass is 35.5. The maximum Gasteiger partial charge on any atom is 0.171 e. The van der Waals surface area contributed by atoms with E-state index in [1.54, 1.807) is 0 Å². The van der Waals surface area contributed by atoms with Crippen molar-refractivity contribution < 1.29 is 0 Å². The molecule has 2 heterocycles. The first-order chi connectivity index (χ1) is 11.6. The van der Waals surface area contributed by atoms with E-state index < -0.39 is 0 Å². The quantitative estimate of drug-likeness (QED) is 0.721. The van der Waals surface area contributed by atoms with E-state index in [9.17, 15) is 0 Å². The lowest BCUT2D eigenvalue weighted by Gasteiger charge is -2.33. The van der Waals surface area contributed by atoms with Gasteiger partial charge in [0.1, 0.15) is 0 Å². The molecule has 1 fully saturated rings. The lowest BCUT2D eigenvalue weighted by molar-refractivity contribution is 0.214. The zero-order chi connectivity index (χ0) is 16.9. The average molecular weight is 380 g/mol. The molecule has 0 spiro atoms. The van der Waals surface area contributed by atoms with E-state index >= 15 is 0 Å². The standard InChI is InChI=1S/C18H22ClN3S2/c1-13(20-18(23)21-15-8-6-14(19)7-9-15)17(16-5-4-12-24-16)22-10-2-3-11-22/h4-9,12-13,17H,2-3,10-11H2,1H3,(H2,20,21,23)/t13-,17-/m0/s1. The second-order valence-electron chi connectivity index (χ2n) is 6.10. The second kappa shape index (κ2) is 8.30. The van der Waals surface area contributed by atoms with Crippen molar-refractivity contribution in [3.63, 3.8) is 0 Å². The van der Waals surface area contributed by atoms with Crippen LogP contribution in [-0.4, -0.2) is 29.1 Å². The van der Waals surface area contributed by atoms with E-state index in [0.29, 0.717) is 11.2 Å². The van der Waals surface area contributed by atoms with E-state index in [2.05, 4.69) is 40.0 Å². The molecule has 2 aromatic rings. The van der Waals surface area contributed by atoms with Crippen molar-refractivity contribution in [3.05, 3.63) is 51.7 Å². The molecule has 6 heteroatoms. The van der Waals surface area contributed by atoms with Crippen LogP contribution in [0.15, 0.2) is 41.8 Å². The van der Waals surface area contributed by atoms with Crippen molar-refractivity contribution in [2.75, 3.05) is 18.4 Å². The molecule has 0 saturated carbocycles. The van der Waals surface area contributed by atoms with Crippen molar-refractivity contribution in [3.8, 4) is 0 Å². The minimum Gasteiger partial charge on any atom is -0.358 e. The zero-order valence-electron chi connectivity index (χ0n) is 13.7. The van der Waals surface area contributed by atoms with Gasteiger partial charge in [0.15, 0.2) is 5.11 Å². The Kier molecular flexibility index (Phi) is 6.11. The number of hydrogen-bond acceptors (Lipinski definition) is 3. The molecule has 0 unspecified atom stereocenters. The molecule has 2 N–H and O–H groups in total. The van der Waals surface area contributed by atoms with Crippen molar-refractivity contribution >= 4 is 46.0 Å². The van der Waals surface area contributed by atoms with Gasteiger partial charge in [-0.3, -0.25) is 4.90 Å². The SMILES string of the molecule is C[C@H](NC(=S)Nc1ccc(Cl)cc1)[C@@H](c1cccs1)N1CCCC1. The molecule has 0 aliphatic carbocycles. The Bertz CT molecular complexity index is 651. The molecule has 1 aliphatic heterocycles. The second-order valence-corrected chi connectivity index (χ2v) is 7.92. The Morgan fingerprint density at radius 3 is 2.54 bits per heavy atom. The van der Waals surface area contributed by atoms with Crippen molar-refractivity contribution in [2.45, 2.75) is 31.8 Å². The summed E-state index contributed by atoms with van der Waals surface area (Å²) in [5.41, 5.74) is 0.943. The number of benzene rings is 1. The first-order valence-corrected chi connectivity index (χ1v) is 9.90. The number of nitrogens with one attached hydrogen (secondary N) is 2. The summed E-state index contributed by atoms with van der Waals surface area (Å²) in [5, 5.41) is 10.2. The fourth-order valence-electron chi connectivity index (χ4n) is 3.21. The van der Waals surface area contributed by atoms with E-state index in [0.717, 1.165) is 23.8 Å². The van der Waals surface area contributed by atoms with Gasteiger partial charge in [-0.05, 0) is 80.8 Å². The maximum absolute atomic E-state index is 5.92. The number of hydrogen-bond donors (Lipinski definition) is 2. The Balaban J connectivity index is 1.65. The van der Waals surface area contributed by atoms with Gasteiger partial charge in [-0.15, -0.1) is 11.3 Å². The van der Waals surface area contributed by atoms with Crippen LogP contribution in [0.5, 0.6) is 0 Å². The van der Waals surface area contributed by atoms with Crippen LogP contribution < -0.4 is 10.6 Å². The average Bonchev–Trinajstić information content (AvgIpc) is 3.24. The number of rotatable bonds is 5. The van der Waals surface area contributed by atoms with Crippen molar-refractivity contribution in [1.82, 2.24) is 10.2 Å². The summed E-state index contributed by atoms with van der Waals surface area (Å²) in [5.74, 6) is 0. The van der Waals surface area contributed by atoms with E-state index in [1.807, 2.05) is 35.6 Å². The van der Waals surface area contributed by atoms with Gasteiger partial charge in [0.05, 0.1) is 6.04 Å². The Hall–Kier alpha value is -1.14. The number of thiophene rings is 1. The highest BCUT2D eigenvalue weighted by Crippen LogP contribution is 2.31. The predicted molar refractivity (Wildman–Crippen MR) is 108 cm³/mol. The first kappa shape index (κ1) is 17.7. The van der Waals surface area contributed by atoms with Gasteiger partial charge in [0.2, 0.25) is 0 Å². The van der Waals surface area contributed by atoms with Crippen LogP contribution in [-0.2, 0) is 0 Å². The third-order valence-electron chi connectivity index (χ3n) is 4.30. The number of anilines is 1. The third-order valence-corrected chi connectivity index (χ3v) is 5.72. The Labute approximate surface area is 158 Å². The highest BCUT2D eigenvalue weighted by Gasteiger charge is 2.29. The summed E-state index contributed by atoms with van der Waals surface area (Å²) in [6.45, 7) is 4.52. The molecule has 2 atom stereocenters. The van der Waals surface area contributed by atoms with Crippen LogP contribution in [0.4, 0.5) is 5.69 Å². The number of halogens is 1. The number of likely N-dealkylation sites (tertiary alicyclic amines) is 1. The monoisotopic (exact) mass is 379 g/mol. The molecule has 1 aliphatic rings. The van der Waals surface area contributed by atoms with Gasteiger partial charge in [-0.2, -0.15) is 0 Å². The molecular weight excluding hydrogens is 358 g/mol. The van der Waals surface area contributed by atoms with Gasteiger partial charge in [0, 0.05) is 21.6 Å². The molecule has 3 nitrogen and oxygen atoms in total. The van der Waals surface area contributed by atoms with Gasteiger partial charge in [-0.1, -0.05) is 17.7 Å². The predicted octanol–water partition coefficient (Wildman–Crippen LogP) is 4.91. The Morgan fingerprint density at radius 2 is 1.92 bits per heavy atom. The molecule has 24 heavy (non-hydrogen) atoms. The van der Waals surface area contributed by atoms with Crippen LogP contribution in [0, 0.1) is 0 Å². The smallest absolute Gasteiger partial charge is 0.171 e. The molecule has 1 aromatic heterocycles. The van der Waals surface area contributed by atoms with Crippen LogP contribution in [0.25, 0.3) is 0 Å². The molecule has 0 bridgehead atoms. The van der Waals surface area contributed by atoms with Gasteiger partial charge in [-0.25, -0.2) is 0 Å². The molecule has 1 aromatic carbocycles. The summed E-state index contributed by atoms with van der Waals surface area (Å²) in [6.07, 6.45) is 2.56. The van der Waals surface area contributed by atoms with Crippen LogP contribution in [0.2, 0.25) is 5.02 Å². The topological polar surface area (TPSA) is 27.3 Å². The zero-order valence-corrected chi connectivity index (χ0v) is 16.1. The largest absolute Gasteiger partial charge is 0.358 e. The first-order valence-electron chi connectivity index (χ1n) is 8.24. The summed E-state index contributed by atoms with van der Waals surface area (Å²) in [7, 11) is 0. The fourth-order valence-corrected chi connectivity index (χ4v) is 4.60. The van der Waals surface area contributed by atoms with E-state index in [1.165, 1.54) is 17.7 Å². The van der Waals surface area contributed by atoms with E-state index in [-0.39, 0.29) is 6.04 Å². The molecule has 0 amide bonds. The lowest BCUT2D eigenvalue weighted by atomic mass is 10.1. The third kappa shape index (κ3) is 4.48. The van der Waals surface area contributed by atoms with E-state index in [4.69, 9.17) is 23.8 Å². The van der Waals surface area contributed by atoms with Crippen molar-refractivity contribution in [1.29, 1.82) is 0 Å². The molecular formula is C18H22ClN3S2. The highest BCUT2D eigenvalue weighted by molar-refractivity contribution is 7.80. The summed E-state index contributed by atoms with van der Waals surface area (Å²) in [6, 6.07) is 12.5. The minimum atomic E-state index is 0.231. The van der Waals surface area contributed by atoms with Gasteiger partial charge < -0.3 is 10.6 Å². The normalized spacial score (nSPS) is 17.4. The molecule has 128 valence electrons. The lowest BCUT2D eigenvalue weighted by Crippen LogP contribution is -2.45. The Morgan fingerprint density at radius 1 is 1.21 bits per heavy atom. The van der Waals surface area contributed by atoms with Crippen molar-refractivity contribution in [2.24, 2.45) is 0 Å². The summed E-state index contributed by atoms with van der Waals surface area (Å²) >= 11 is 13.2. The molecule has 3 rings (SSSR count). The minimum absolute atomic E-state index is 0.231. The number of nitrogens with zero attached hydrogens (tertiary/aromatic N) is 1. The summed E-state index contributed by atoms with van der Waals surface area (Å²) < 4.78 is 0. The number of thiocarbonyl (C=S) groups is 1. The van der Waals surface area contributed by atoms with Gasteiger partial charge >= 0.3 is 0 Å². The molecule has 1 saturated heterocycles.